The minimum atomic E-state index is -5.04. The van der Waals surface area contributed by atoms with Gasteiger partial charge in [0.25, 0.3) is 5.91 Å². The first-order valence-corrected chi connectivity index (χ1v) is 10.2. The number of nitrogens with one attached hydrogen (secondary N) is 1. The quantitative estimate of drug-likeness (QED) is 0.738. The van der Waals surface area contributed by atoms with E-state index in [0.29, 0.717) is 35.6 Å². The number of furan rings is 1. The molecule has 0 spiro atoms. The molecule has 1 unspecified atom stereocenters. The number of aromatic nitrogens is 1. The van der Waals surface area contributed by atoms with Crippen LogP contribution in [-0.2, 0) is 10.4 Å². The normalized spacial score (nSPS) is 17.6. The molecule has 3 rings (SSSR count). The first-order chi connectivity index (χ1) is 14.0. The molecule has 11 heteroatoms. The Balaban J connectivity index is 1.59. The number of carbonyl (C=O) groups is 2. The van der Waals surface area contributed by atoms with Gasteiger partial charge in [-0.05, 0) is 38.8 Å². The van der Waals surface area contributed by atoms with Crippen molar-refractivity contribution in [3.8, 4) is 0 Å². The van der Waals surface area contributed by atoms with Crippen LogP contribution in [0.5, 0.6) is 0 Å². The SMILES string of the molecule is Cc1csc(C(O)(CC(=O)N2CCC(NC(=O)c3ccc(C)o3)CC2)C(F)(F)F)n1. The Morgan fingerprint density at radius 2 is 1.97 bits per heavy atom. The fourth-order valence-electron chi connectivity index (χ4n) is 3.26. The Kier molecular flexibility index (Phi) is 6.23. The number of alkyl halides is 3. The lowest BCUT2D eigenvalue weighted by atomic mass is 9.97. The number of piperidine rings is 1. The Morgan fingerprint density at radius 1 is 1.30 bits per heavy atom. The molecule has 2 N–H and O–H groups in total. The van der Waals surface area contributed by atoms with E-state index in [9.17, 15) is 27.9 Å². The number of halogens is 3. The lowest BCUT2D eigenvalue weighted by Gasteiger charge is -2.35. The van der Waals surface area contributed by atoms with Gasteiger partial charge in [0.2, 0.25) is 11.5 Å². The van der Waals surface area contributed by atoms with Crippen LogP contribution in [-0.4, -0.2) is 52.1 Å². The summed E-state index contributed by atoms with van der Waals surface area (Å²) in [4.78, 5) is 29.7. The van der Waals surface area contributed by atoms with Crippen LogP contribution in [0, 0.1) is 13.8 Å². The summed E-state index contributed by atoms with van der Waals surface area (Å²) in [7, 11) is 0. The Bertz CT molecular complexity index is 918. The average Bonchev–Trinajstić information content (AvgIpc) is 3.30. The van der Waals surface area contributed by atoms with Crippen molar-refractivity contribution in [2.24, 2.45) is 0 Å². The lowest BCUT2D eigenvalue weighted by Crippen LogP contribution is -2.50. The average molecular weight is 445 g/mol. The van der Waals surface area contributed by atoms with Gasteiger partial charge >= 0.3 is 6.18 Å². The van der Waals surface area contributed by atoms with E-state index in [-0.39, 0.29) is 30.8 Å². The molecule has 1 aliphatic heterocycles. The number of carbonyl (C=O) groups excluding carboxylic acids is 2. The van der Waals surface area contributed by atoms with Gasteiger partial charge in [0.1, 0.15) is 10.8 Å². The highest BCUT2D eigenvalue weighted by atomic mass is 32.1. The summed E-state index contributed by atoms with van der Waals surface area (Å²) in [6.07, 6.45) is -5.40. The molecule has 0 radical (unpaired) electrons. The van der Waals surface area contributed by atoms with Gasteiger partial charge < -0.3 is 19.7 Å². The molecule has 0 bridgehead atoms. The first kappa shape index (κ1) is 22.3. The minimum absolute atomic E-state index is 0.172. The van der Waals surface area contributed by atoms with E-state index in [2.05, 4.69) is 10.3 Å². The van der Waals surface area contributed by atoms with E-state index in [4.69, 9.17) is 4.42 Å². The maximum Gasteiger partial charge on any atom is 0.424 e. The molecule has 3 heterocycles. The smallest absolute Gasteiger partial charge is 0.424 e. The summed E-state index contributed by atoms with van der Waals surface area (Å²) < 4.78 is 46.0. The van der Waals surface area contributed by atoms with Crippen LogP contribution in [0.25, 0.3) is 0 Å². The lowest BCUT2D eigenvalue weighted by molar-refractivity contribution is -0.268. The van der Waals surface area contributed by atoms with Crippen LogP contribution in [0.2, 0.25) is 0 Å². The molecular formula is C19H22F3N3O4S. The molecule has 1 saturated heterocycles. The summed E-state index contributed by atoms with van der Waals surface area (Å²) in [6, 6.07) is 3.00. The molecule has 7 nitrogen and oxygen atoms in total. The fraction of sp³-hybridized carbons (Fsp3) is 0.526. The maximum atomic E-state index is 13.6. The molecule has 1 atom stereocenters. The molecule has 2 aromatic rings. The number of aliphatic hydroxyl groups is 1. The second-order valence-corrected chi connectivity index (χ2v) is 8.23. The van der Waals surface area contributed by atoms with Crippen LogP contribution in [0.4, 0.5) is 13.2 Å². The summed E-state index contributed by atoms with van der Waals surface area (Å²) in [5.74, 6) is -0.402. The van der Waals surface area contributed by atoms with Gasteiger partial charge in [-0.3, -0.25) is 9.59 Å². The van der Waals surface area contributed by atoms with Crippen LogP contribution in [0.15, 0.2) is 21.9 Å². The van der Waals surface area contributed by atoms with Gasteiger partial charge in [0.15, 0.2) is 5.76 Å². The molecule has 2 aromatic heterocycles. The monoisotopic (exact) mass is 445 g/mol. The van der Waals surface area contributed by atoms with Gasteiger partial charge in [-0.25, -0.2) is 4.98 Å². The Hall–Kier alpha value is -2.40. The van der Waals surface area contributed by atoms with Gasteiger partial charge in [-0.1, -0.05) is 0 Å². The number of aryl methyl sites for hydroxylation is 2. The number of nitrogens with zero attached hydrogens (tertiary/aromatic N) is 2. The van der Waals surface area contributed by atoms with E-state index in [1.807, 2.05) is 0 Å². The number of likely N-dealkylation sites (tertiary alicyclic amines) is 1. The van der Waals surface area contributed by atoms with Crippen molar-refractivity contribution >= 4 is 23.2 Å². The van der Waals surface area contributed by atoms with E-state index in [0.717, 1.165) is 0 Å². The zero-order valence-electron chi connectivity index (χ0n) is 16.5. The summed E-state index contributed by atoms with van der Waals surface area (Å²) in [5, 5.41) is 14.0. The number of amides is 2. The summed E-state index contributed by atoms with van der Waals surface area (Å²) in [5.41, 5.74) is -2.99. The van der Waals surface area contributed by atoms with E-state index < -0.39 is 29.1 Å². The largest absolute Gasteiger partial charge is 0.456 e. The van der Waals surface area contributed by atoms with Crippen molar-refractivity contribution in [3.63, 3.8) is 0 Å². The predicted octanol–water partition coefficient (Wildman–Crippen LogP) is 2.91. The minimum Gasteiger partial charge on any atom is -0.456 e. The Labute approximate surface area is 174 Å². The van der Waals surface area contributed by atoms with E-state index in [1.165, 1.54) is 17.2 Å². The van der Waals surface area contributed by atoms with Crippen LogP contribution in [0.3, 0.4) is 0 Å². The molecular weight excluding hydrogens is 423 g/mol. The number of thiazole rings is 1. The molecule has 0 aliphatic carbocycles. The summed E-state index contributed by atoms with van der Waals surface area (Å²) >= 11 is 0.671. The molecule has 1 fully saturated rings. The molecule has 30 heavy (non-hydrogen) atoms. The number of rotatable bonds is 5. The zero-order chi connectivity index (χ0) is 22.1. The third-order valence-corrected chi connectivity index (χ3v) is 6.11. The van der Waals surface area contributed by atoms with Crippen LogP contribution in [0.1, 0.15) is 46.3 Å². The summed E-state index contributed by atoms with van der Waals surface area (Å²) in [6.45, 7) is 3.58. The highest BCUT2D eigenvalue weighted by Gasteiger charge is 2.58. The van der Waals surface area contributed by atoms with Crippen LogP contribution < -0.4 is 5.32 Å². The molecule has 164 valence electrons. The first-order valence-electron chi connectivity index (χ1n) is 9.36. The molecule has 0 aromatic carbocycles. The van der Waals surface area contributed by atoms with Gasteiger partial charge in [0, 0.05) is 30.2 Å². The van der Waals surface area contributed by atoms with Gasteiger partial charge in [-0.15, -0.1) is 11.3 Å². The van der Waals surface area contributed by atoms with Gasteiger partial charge in [0.05, 0.1) is 6.42 Å². The Morgan fingerprint density at radius 3 is 2.47 bits per heavy atom. The highest BCUT2D eigenvalue weighted by molar-refractivity contribution is 7.09. The van der Waals surface area contributed by atoms with Crippen molar-refractivity contribution in [2.45, 2.75) is 50.9 Å². The van der Waals surface area contributed by atoms with Crippen molar-refractivity contribution < 1.29 is 32.3 Å². The second-order valence-electron chi connectivity index (χ2n) is 7.37. The van der Waals surface area contributed by atoms with Gasteiger partial charge in [-0.2, -0.15) is 13.2 Å². The van der Waals surface area contributed by atoms with Crippen LogP contribution >= 0.6 is 11.3 Å². The third-order valence-electron chi connectivity index (χ3n) is 5.00. The second kappa shape index (κ2) is 8.38. The predicted molar refractivity (Wildman–Crippen MR) is 102 cm³/mol. The third kappa shape index (κ3) is 4.67. The van der Waals surface area contributed by atoms with E-state index >= 15 is 0 Å². The zero-order valence-corrected chi connectivity index (χ0v) is 17.3. The standard InChI is InChI=1S/C19H22F3N3O4S/c1-11-10-30-17(23-11)18(28,19(20,21)22)9-15(26)25-7-5-13(6-8-25)24-16(27)14-4-3-12(2)29-14/h3-4,10,13,28H,5-9H2,1-2H3,(H,24,27). The van der Waals surface area contributed by atoms with Crippen molar-refractivity contribution in [2.75, 3.05) is 13.1 Å². The molecule has 0 saturated carbocycles. The van der Waals surface area contributed by atoms with E-state index in [1.54, 1.807) is 19.1 Å². The van der Waals surface area contributed by atoms with Crippen molar-refractivity contribution in [3.05, 3.63) is 39.7 Å². The topological polar surface area (TPSA) is 95.7 Å². The van der Waals surface area contributed by atoms with Crippen molar-refractivity contribution in [1.29, 1.82) is 0 Å². The van der Waals surface area contributed by atoms with Crippen molar-refractivity contribution in [1.82, 2.24) is 15.2 Å². The fourth-order valence-corrected chi connectivity index (χ4v) is 4.17. The number of hydrogen-bond donors (Lipinski definition) is 2. The molecule has 1 aliphatic rings. The number of hydrogen-bond acceptors (Lipinski definition) is 6. The highest BCUT2D eigenvalue weighted by Crippen LogP contribution is 2.43. The molecule has 2 amide bonds. The maximum absolute atomic E-state index is 13.6.